The third kappa shape index (κ3) is 4.07. The molecule has 3 amide bonds. The molecule has 1 aliphatic rings. The van der Waals surface area contributed by atoms with Gasteiger partial charge in [-0.3, -0.25) is 9.59 Å². The van der Waals surface area contributed by atoms with Crippen LogP contribution in [0.3, 0.4) is 0 Å². The minimum Gasteiger partial charge on any atom is -0.460 e. The Kier molecular flexibility index (Phi) is 4.49. The smallest absolute Gasteiger partial charge is 0.328 e. The highest BCUT2D eigenvalue weighted by Gasteiger charge is 2.34. The number of amides is 3. The van der Waals surface area contributed by atoms with Crippen LogP contribution in [0.2, 0.25) is 0 Å². The minimum absolute atomic E-state index is 0.0165. The quantitative estimate of drug-likeness (QED) is 0.869. The summed E-state index contributed by atoms with van der Waals surface area (Å²) in [4.78, 5) is 37.2. The van der Waals surface area contributed by atoms with Gasteiger partial charge in [-0.1, -0.05) is 18.2 Å². The van der Waals surface area contributed by atoms with E-state index < -0.39 is 23.6 Å². The Morgan fingerprint density at radius 3 is 2.45 bits per heavy atom. The van der Waals surface area contributed by atoms with E-state index in [1.54, 1.807) is 51.1 Å². The summed E-state index contributed by atoms with van der Waals surface area (Å²) in [5.74, 6) is -0.762. The zero-order valence-corrected chi connectivity index (χ0v) is 13.0. The van der Waals surface area contributed by atoms with E-state index in [0.29, 0.717) is 5.69 Å². The van der Waals surface area contributed by atoms with Crippen molar-refractivity contribution < 1.29 is 19.1 Å². The minimum atomic E-state index is -0.587. The van der Waals surface area contributed by atoms with Gasteiger partial charge in [0.15, 0.2) is 0 Å². The van der Waals surface area contributed by atoms with E-state index in [4.69, 9.17) is 4.74 Å². The Hall–Kier alpha value is -2.37. The number of anilines is 1. The van der Waals surface area contributed by atoms with Crippen molar-refractivity contribution in [2.75, 3.05) is 4.90 Å². The standard InChI is InChI=1S/C16H20N2O4/c1-16(2,3)22-14(20)10-11-9-13(19)18(15(21)17-11)12-7-5-4-6-8-12/h4-8,11H,9-10H2,1-3H3,(H,17,21)/t11-/m0/s1. The summed E-state index contributed by atoms with van der Waals surface area (Å²) < 4.78 is 5.21. The molecule has 6 heteroatoms. The van der Waals surface area contributed by atoms with Crippen LogP contribution in [0, 0.1) is 0 Å². The molecule has 6 nitrogen and oxygen atoms in total. The normalized spacial score (nSPS) is 18.9. The lowest BCUT2D eigenvalue weighted by Gasteiger charge is -2.31. The van der Waals surface area contributed by atoms with Crippen LogP contribution in [0.25, 0.3) is 0 Å². The van der Waals surface area contributed by atoms with Gasteiger partial charge in [0.1, 0.15) is 5.60 Å². The van der Waals surface area contributed by atoms with E-state index >= 15 is 0 Å². The van der Waals surface area contributed by atoms with E-state index in [-0.39, 0.29) is 18.7 Å². The van der Waals surface area contributed by atoms with Crippen LogP contribution in [-0.4, -0.2) is 29.6 Å². The van der Waals surface area contributed by atoms with Gasteiger partial charge >= 0.3 is 12.0 Å². The zero-order chi connectivity index (χ0) is 16.3. The predicted molar refractivity (Wildman–Crippen MR) is 81.3 cm³/mol. The average molecular weight is 304 g/mol. The van der Waals surface area contributed by atoms with Gasteiger partial charge in [-0.05, 0) is 32.9 Å². The van der Waals surface area contributed by atoms with Crippen LogP contribution in [0.5, 0.6) is 0 Å². The molecule has 1 aromatic rings. The molecule has 118 valence electrons. The van der Waals surface area contributed by atoms with Gasteiger partial charge in [-0.25, -0.2) is 9.69 Å². The summed E-state index contributed by atoms with van der Waals surface area (Å²) in [6.07, 6.45) is 0.0528. The Balaban J connectivity index is 2.00. The summed E-state index contributed by atoms with van der Waals surface area (Å²) in [7, 11) is 0. The number of urea groups is 1. The highest BCUT2D eigenvalue weighted by molar-refractivity contribution is 6.16. The van der Waals surface area contributed by atoms with Crippen molar-refractivity contribution in [1.29, 1.82) is 0 Å². The van der Waals surface area contributed by atoms with Crippen molar-refractivity contribution in [3.05, 3.63) is 30.3 Å². The monoisotopic (exact) mass is 304 g/mol. The van der Waals surface area contributed by atoms with E-state index in [0.717, 1.165) is 4.90 Å². The van der Waals surface area contributed by atoms with Gasteiger partial charge in [-0.15, -0.1) is 0 Å². The van der Waals surface area contributed by atoms with Crippen molar-refractivity contribution in [3.8, 4) is 0 Å². The van der Waals surface area contributed by atoms with Gasteiger partial charge in [-0.2, -0.15) is 0 Å². The Morgan fingerprint density at radius 1 is 1.27 bits per heavy atom. The Labute approximate surface area is 129 Å². The van der Waals surface area contributed by atoms with Gasteiger partial charge in [0.25, 0.3) is 0 Å². The van der Waals surface area contributed by atoms with Crippen LogP contribution in [0.1, 0.15) is 33.6 Å². The number of ether oxygens (including phenoxy) is 1. The first kappa shape index (κ1) is 16.0. The fraction of sp³-hybridized carbons (Fsp3) is 0.438. The summed E-state index contributed by atoms with van der Waals surface area (Å²) in [5, 5.41) is 2.68. The fourth-order valence-electron chi connectivity index (χ4n) is 2.25. The van der Waals surface area contributed by atoms with Gasteiger partial charge < -0.3 is 10.1 Å². The first-order valence-electron chi connectivity index (χ1n) is 7.16. The van der Waals surface area contributed by atoms with E-state index in [2.05, 4.69) is 5.32 Å². The van der Waals surface area contributed by atoms with Gasteiger partial charge in [0, 0.05) is 12.5 Å². The van der Waals surface area contributed by atoms with Crippen molar-refractivity contribution in [3.63, 3.8) is 0 Å². The largest absolute Gasteiger partial charge is 0.460 e. The van der Waals surface area contributed by atoms with Crippen LogP contribution in [0.4, 0.5) is 10.5 Å². The number of nitrogens with zero attached hydrogens (tertiary/aromatic N) is 1. The number of rotatable bonds is 3. The SMILES string of the molecule is CC(C)(C)OC(=O)C[C@@H]1CC(=O)N(c2ccccc2)C(=O)N1. The molecule has 2 rings (SSSR count). The number of benzene rings is 1. The predicted octanol–water partition coefficient (Wildman–Crippen LogP) is 2.23. The first-order chi connectivity index (χ1) is 10.3. The molecule has 1 aromatic carbocycles. The molecule has 0 aromatic heterocycles. The second-order valence-electron chi connectivity index (χ2n) is 6.21. The highest BCUT2D eigenvalue weighted by atomic mass is 16.6. The Morgan fingerprint density at radius 2 is 1.91 bits per heavy atom. The Bertz CT molecular complexity index is 560. The van der Waals surface area contributed by atoms with Gasteiger partial charge in [0.05, 0.1) is 12.1 Å². The number of hydrogen-bond donors (Lipinski definition) is 1. The number of carbonyl (C=O) groups excluding carboxylic acids is 3. The molecule has 1 aliphatic heterocycles. The summed E-state index contributed by atoms with van der Waals surface area (Å²) in [6, 6.07) is 7.63. The molecular weight excluding hydrogens is 284 g/mol. The molecular formula is C16H20N2O4. The summed E-state index contributed by atoms with van der Waals surface area (Å²) in [5.41, 5.74) is -0.0729. The van der Waals surface area contributed by atoms with Crippen LogP contribution < -0.4 is 10.2 Å². The second-order valence-corrected chi connectivity index (χ2v) is 6.21. The summed E-state index contributed by atoms with van der Waals surface area (Å²) >= 11 is 0. The van der Waals surface area contributed by atoms with E-state index in [1.165, 1.54) is 0 Å². The maximum atomic E-state index is 12.2. The number of esters is 1. The number of para-hydroxylation sites is 1. The summed E-state index contributed by atoms with van der Waals surface area (Å²) in [6.45, 7) is 5.31. The third-order valence-corrected chi connectivity index (χ3v) is 3.05. The highest BCUT2D eigenvalue weighted by Crippen LogP contribution is 2.20. The lowest BCUT2D eigenvalue weighted by Crippen LogP contribution is -2.55. The van der Waals surface area contributed by atoms with Crippen molar-refractivity contribution >= 4 is 23.6 Å². The van der Waals surface area contributed by atoms with Crippen LogP contribution >= 0.6 is 0 Å². The topological polar surface area (TPSA) is 75.7 Å². The molecule has 1 atom stereocenters. The molecule has 0 aliphatic carbocycles. The average Bonchev–Trinajstić information content (AvgIpc) is 2.36. The first-order valence-corrected chi connectivity index (χ1v) is 7.16. The number of nitrogens with one attached hydrogen (secondary N) is 1. The fourth-order valence-corrected chi connectivity index (χ4v) is 2.25. The number of imide groups is 1. The molecule has 0 bridgehead atoms. The van der Waals surface area contributed by atoms with Crippen molar-refractivity contribution in [2.45, 2.75) is 45.3 Å². The van der Waals surface area contributed by atoms with Crippen molar-refractivity contribution in [2.24, 2.45) is 0 Å². The number of hydrogen-bond acceptors (Lipinski definition) is 4. The molecule has 1 heterocycles. The van der Waals surface area contributed by atoms with Crippen LogP contribution in [-0.2, 0) is 14.3 Å². The third-order valence-electron chi connectivity index (χ3n) is 3.05. The molecule has 0 saturated carbocycles. The second kappa shape index (κ2) is 6.17. The molecule has 1 fully saturated rings. The molecule has 22 heavy (non-hydrogen) atoms. The molecule has 1 N–H and O–H groups in total. The van der Waals surface area contributed by atoms with Gasteiger partial charge in [0.2, 0.25) is 5.91 Å². The molecule has 1 saturated heterocycles. The van der Waals surface area contributed by atoms with Crippen LogP contribution in [0.15, 0.2) is 30.3 Å². The van der Waals surface area contributed by atoms with E-state index in [9.17, 15) is 14.4 Å². The lowest BCUT2D eigenvalue weighted by molar-refractivity contribution is -0.155. The van der Waals surface area contributed by atoms with Crippen molar-refractivity contribution in [1.82, 2.24) is 5.32 Å². The van der Waals surface area contributed by atoms with E-state index in [1.807, 2.05) is 0 Å². The molecule has 0 spiro atoms. The molecule has 0 radical (unpaired) electrons. The maximum Gasteiger partial charge on any atom is 0.328 e. The zero-order valence-electron chi connectivity index (χ0n) is 13.0. The lowest BCUT2D eigenvalue weighted by atomic mass is 10.1. The maximum absolute atomic E-state index is 12.2. The molecule has 0 unspecified atom stereocenters. The number of carbonyl (C=O) groups is 3.